The second kappa shape index (κ2) is 6.33. The molecule has 0 aromatic heterocycles. The normalized spacial score (nSPS) is 31.8. The summed E-state index contributed by atoms with van der Waals surface area (Å²) >= 11 is 0. The highest BCUT2D eigenvalue weighted by atomic mass is 16.3. The number of aliphatic hydroxyl groups is 1. The van der Waals surface area contributed by atoms with Crippen molar-refractivity contribution >= 4 is 0 Å². The van der Waals surface area contributed by atoms with E-state index in [-0.39, 0.29) is 12.1 Å². The Morgan fingerprint density at radius 3 is 2.30 bits per heavy atom. The van der Waals surface area contributed by atoms with Crippen LogP contribution < -0.4 is 5.32 Å². The lowest BCUT2D eigenvalue weighted by atomic mass is 9.70. The van der Waals surface area contributed by atoms with Crippen LogP contribution in [0.2, 0.25) is 0 Å². The van der Waals surface area contributed by atoms with E-state index in [4.69, 9.17) is 0 Å². The molecule has 3 nitrogen and oxygen atoms in total. The molecule has 0 aromatic rings. The highest BCUT2D eigenvalue weighted by molar-refractivity contribution is 4.94. The van der Waals surface area contributed by atoms with Gasteiger partial charge in [-0.15, -0.1) is 0 Å². The van der Waals surface area contributed by atoms with Crippen LogP contribution >= 0.6 is 0 Å². The van der Waals surface area contributed by atoms with Gasteiger partial charge in [0.2, 0.25) is 0 Å². The van der Waals surface area contributed by atoms with E-state index in [2.05, 4.69) is 38.0 Å². The van der Waals surface area contributed by atoms with E-state index >= 15 is 0 Å². The van der Waals surface area contributed by atoms with E-state index < -0.39 is 0 Å². The molecule has 118 valence electrons. The Bertz CT molecular complexity index is 304. The Morgan fingerprint density at radius 1 is 1.20 bits per heavy atom. The number of hydrogen-bond donors (Lipinski definition) is 2. The molecule has 0 spiro atoms. The van der Waals surface area contributed by atoms with Gasteiger partial charge in [0.15, 0.2) is 0 Å². The Labute approximate surface area is 125 Å². The number of nitrogens with zero attached hydrogens (tertiary/aromatic N) is 1. The van der Waals surface area contributed by atoms with Crippen LogP contribution in [0.5, 0.6) is 0 Å². The monoisotopic (exact) mass is 282 g/mol. The predicted molar refractivity (Wildman–Crippen MR) is 84.9 cm³/mol. The van der Waals surface area contributed by atoms with Crippen LogP contribution in [-0.4, -0.2) is 48.3 Å². The Balaban J connectivity index is 1.97. The molecule has 0 aromatic carbocycles. The van der Waals surface area contributed by atoms with Crippen molar-refractivity contribution in [3.05, 3.63) is 0 Å². The van der Waals surface area contributed by atoms with Crippen LogP contribution in [0.15, 0.2) is 0 Å². The molecular formula is C17H34N2O. The molecule has 0 aliphatic heterocycles. The predicted octanol–water partition coefficient (Wildman–Crippen LogP) is 2.64. The SMILES string of the molecule is CC1CCC(CNC2CC2)(CN(C)C(C)(C)CO)CC1. The molecule has 0 atom stereocenters. The average Bonchev–Trinajstić information content (AvgIpc) is 3.24. The molecule has 3 heteroatoms. The highest BCUT2D eigenvalue weighted by Crippen LogP contribution is 2.40. The maximum Gasteiger partial charge on any atom is 0.0609 e. The van der Waals surface area contributed by atoms with Crippen LogP contribution in [0, 0.1) is 11.3 Å². The third-order valence-electron chi connectivity index (χ3n) is 5.67. The van der Waals surface area contributed by atoms with Crippen LogP contribution in [0.25, 0.3) is 0 Å². The summed E-state index contributed by atoms with van der Waals surface area (Å²) in [6.45, 7) is 9.16. The lowest BCUT2D eigenvalue weighted by Gasteiger charge is -2.46. The highest BCUT2D eigenvalue weighted by Gasteiger charge is 2.38. The molecule has 0 heterocycles. The van der Waals surface area contributed by atoms with Gasteiger partial charge in [-0.05, 0) is 57.9 Å². The zero-order valence-electron chi connectivity index (χ0n) is 13.9. The Morgan fingerprint density at radius 2 is 1.80 bits per heavy atom. The number of likely N-dealkylation sites (N-methyl/N-ethyl adjacent to an activating group) is 1. The Hall–Kier alpha value is -0.120. The third kappa shape index (κ3) is 4.19. The molecule has 0 amide bonds. The second-order valence-corrected chi connectivity index (χ2v) is 8.16. The lowest BCUT2D eigenvalue weighted by molar-refractivity contribution is 0.0202. The zero-order chi connectivity index (χ0) is 14.8. The summed E-state index contributed by atoms with van der Waals surface area (Å²) in [5.74, 6) is 0.889. The fraction of sp³-hybridized carbons (Fsp3) is 1.00. The summed E-state index contributed by atoms with van der Waals surface area (Å²) in [6, 6.07) is 0.794. The molecule has 2 fully saturated rings. The first-order valence-corrected chi connectivity index (χ1v) is 8.42. The molecule has 2 N–H and O–H groups in total. The smallest absolute Gasteiger partial charge is 0.0609 e. The molecule has 0 unspecified atom stereocenters. The first-order chi connectivity index (χ1) is 9.37. The van der Waals surface area contributed by atoms with E-state index in [9.17, 15) is 5.11 Å². The summed E-state index contributed by atoms with van der Waals surface area (Å²) < 4.78 is 0. The third-order valence-corrected chi connectivity index (χ3v) is 5.67. The van der Waals surface area contributed by atoms with Crippen molar-refractivity contribution in [2.75, 3.05) is 26.7 Å². The molecular weight excluding hydrogens is 248 g/mol. The minimum absolute atomic E-state index is 0.115. The van der Waals surface area contributed by atoms with Gasteiger partial charge in [0, 0.05) is 24.7 Å². The fourth-order valence-corrected chi connectivity index (χ4v) is 3.25. The van der Waals surface area contributed by atoms with Crippen molar-refractivity contribution in [2.45, 2.75) is 70.9 Å². The molecule has 2 saturated carbocycles. The number of aliphatic hydroxyl groups excluding tert-OH is 1. The van der Waals surface area contributed by atoms with Gasteiger partial charge >= 0.3 is 0 Å². The molecule has 2 aliphatic rings. The van der Waals surface area contributed by atoms with Gasteiger partial charge in [0.25, 0.3) is 0 Å². The number of nitrogens with one attached hydrogen (secondary N) is 1. The molecule has 2 aliphatic carbocycles. The number of rotatable bonds is 7. The van der Waals surface area contributed by atoms with Crippen LogP contribution in [-0.2, 0) is 0 Å². The van der Waals surface area contributed by atoms with Gasteiger partial charge < -0.3 is 10.4 Å². The van der Waals surface area contributed by atoms with Gasteiger partial charge in [0.05, 0.1) is 6.61 Å². The largest absolute Gasteiger partial charge is 0.394 e. The molecule has 0 bridgehead atoms. The average molecular weight is 282 g/mol. The fourth-order valence-electron chi connectivity index (χ4n) is 3.25. The van der Waals surface area contributed by atoms with E-state index in [1.165, 1.54) is 38.5 Å². The van der Waals surface area contributed by atoms with Crippen LogP contribution in [0.4, 0.5) is 0 Å². The van der Waals surface area contributed by atoms with Crippen molar-refractivity contribution in [2.24, 2.45) is 11.3 Å². The summed E-state index contributed by atoms with van der Waals surface area (Å²) in [5.41, 5.74) is 0.298. The van der Waals surface area contributed by atoms with Gasteiger partial charge in [0.1, 0.15) is 0 Å². The van der Waals surface area contributed by atoms with Crippen molar-refractivity contribution in [3.63, 3.8) is 0 Å². The maximum absolute atomic E-state index is 9.59. The molecule has 0 saturated heterocycles. The molecule has 0 radical (unpaired) electrons. The minimum atomic E-state index is -0.115. The quantitative estimate of drug-likeness (QED) is 0.753. The van der Waals surface area contributed by atoms with Gasteiger partial charge in [-0.3, -0.25) is 4.90 Å². The van der Waals surface area contributed by atoms with E-state index in [0.717, 1.165) is 25.0 Å². The van der Waals surface area contributed by atoms with Crippen molar-refractivity contribution in [3.8, 4) is 0 Å². The van der Waals surface area contributed by atoms with Crippen LogP contribution in [0.3, 0.4) is 0 Å². The standard InChI is InChI=1S/C17H34N2O/c1-14-7-9-17(10-8-14,11-18-15-5-6-15)12-19(4)16(2,3)13-20/h14-15,18,20H,5-13H2,1-4H3. The first-order valence-electron chi connectivity index (χ1n) is 8.42. The summed E-state index contributed by atoms with van der Waals surface area (Å²) in [4.78, 5) is 2.37. The van der Waals surface area contributed by atoms with E-state index in [1.807, 2.05) is 0 Å². The second-order valence-electron chi connectivity index (χ2n) is 8.16. The molecule has 20 heavy (non-hydrogen) atoms. The first kappa shape index (κ1) is 16.3. The van der Waals surface area contributed by atoms with Gasteiger partial charge in [-0.25, -0.2) is 0 Å². The van der Waals surface area contributed by atoms with E-state index in [0.29, 0.717) is 5.41 Å². The summed E-state index contributed by atoms with van der Waals surface area (Å²) in [6.07, 6.45) is 8.12. The topological polar surface area (TPSA) is 35.5 Å². The van der Waals surface area contributed by atoms with Crippen molar-refractivity contribution in [1.82, 2.24) is 10.2 Å². The minimum Gasteiger partial charge on any atom is -0.394 e. The molecule has 2 rings (SSSR count). The van der Waals surface area contributed by atoms with Crippen LogP contribution in [0.1, 0.15) is 59.3 Å². The van der Waals surface area contributed by atoms with Crippen molar-refractivity contribution in [1.29, 1.82) is 0 Å². The Kier molecular flexibility index (Phi) is 5.14. The number of hydrogen-bond acceptors (Lipinski definition) is 3. The summed E-state index contributed by atoms with van der Waals surface area (Å²) in [5, 5.41) is 13.4. The summed E-state index contributed by atoms with van der Waals surface area (Å²) in [7, 11) is 2.17. The van der Waals surface area contributed by atoms with Crippen molar-refractivity contribution < 1.29 is 5.11 Å². The van der Waals surface area contributed by atoms with Gasteiger partial charge in [-0.1, -0.05) is 19.8 Å². The maximum atomic E-state index is 9.59. The van der Waals surface area contributed by atoms with Gasteiger partial charge in [-0.2, -0.15) is 0 Å². The van der Waals surface area contributed by atoms with E-state index in [1.54, 1.807) is 0 Å². The lowest BCUT2D eigenvalue weighted by Crippen LogP contribution is -2.52. The zero-order valence-corrected chi connectivity index (χ0v) is 13.9.